The number of aliphatic hydroxyl groups excluding tert-OH is 14. The van der Waals surface area contributed by atoms with Crippen molar-refractivity contribution in [1.82, 2.24) is 0 Å². The van der Waals surface area contributed by atoms with Gasteiger partial charge in [0, 0.05) is 43.1 Å². The summed E-state index contributed by atoms with van der Waals surface area (Å²) in [5, 5.41) is 141. The second-order valence-corrected chi connectivity index (χ2v) is 22.8. The van der Waals surface area contributed by atoms with Crippen LogP contribution in [0.5, 0.6) is 0 Å². The SMILES string of the molecule is CC(C)C(=O)CC(O)CC(O)CC(O)/C=C/CC(O)CC(O)CC(O)CC(O)/C=C/CC(O)CC(O)CCCN.COC(=O)/C=C/C=C/C=C/C=C/CC/C=C/C(C)C(O)C(C)C(O)/C=C/C=C/C=C/C=C/C=C/CC(C)OC1OC(C)C(O)C(O)C1O. The van der Waals surface area contributed by atoms with Gasteiger partial charge >= 0.3 is 5.97 Å². The average Bonchev–Trinajstić information content (AvgIpc) is 3.49. The molecule has 19 atom stereocenters. The Labute approximate surface area is 523 Å². The van der Waals surface area contributed by atoms with Crippen LogP contribution in [-0.4, -0.2) is 201 Å². The molecule has 0 aromatic rings. The Hall–Kier alpha value is -4.66. The maximum atomic E-state index is 11.7. The molecule has 1 aliphatic rings. The highest BCUT2D eigenvalue weighted by molar-refractivity contribution is 5.82. The quantitative estimate of drug-likeness (QED) is 0.0126. The van der Waals surface area contributed by atoms with Crippen molar-refractivity contribution >= 4 is 11.8 Å². The van der Waals surface area contributed by atoms with E-state index in [9.17, 15) is 81.1 Å². The highest BCUT2D eigenvalue weighted by Crippen LogP contribution is 2.24. The molecule has 88 heavy (non-hydrogen) atoms. The number of unbranched alkanes of at least 4 members (excludes halogenated alkanes) is 1. The van der Waals surface area contributed by atoms with E-state index in [1.807, 2.05) is 106 Å². The lowest BCUT2D eigenvalue weighted by atomic mass is 9.88. The van der Waals surface area contributed by atoms with Crippen molar-refractivity contribution in [2.24, 2.45) is 23.5 Å². The van der Waals surface area contributed by atoms with Crippen molar-refractivity contribution in [2.75, 3.05) is 13.7 Å². The van der Waals surface area contributed by atoms with E-state index in [1.165, 1.54) is 31.4 Å². The Balaban J connectivity index is 0.00000175. The van der Waals surface area contributed by atoms with Crippen molar-refractivity contribution in [2.45, 2.75) is 235 Å². The van der Waals surface area contributed by atoms with Crippen molar-refractivity contribution in [3.05, 3.63) is 146 Å². The minimum absolute atomic E-state index is 0.0270. The number of Topliss-reactive ketones (excluding diaryl/α,β-unsaturated/α-hetero) is 1. The molecule has 1 saturated heterocycles. The Bertz CT molecular complexity index is 2180. The average molecular weight is 1250 g/mol. The number of carbonyl (C=O) groups is 2. The maximum Gasteiger partial charge on any atom is 0.330 e. The van der Waals surface area contributed by atoms with Gasteiger partial charge in [-0.1, -0.05) is 167 Å². The molecule has 1 fully saturated rings. The molecule has 0 radical (unpaired) electrons. The summed E-state index contributed by atoms with van der Waals surface area (Å²) in [5.74, 6) is -1.13. The molecule has 1 aliphatic heterocycles. The summed E-state index contributed by atoms with van der Waals surface area (Å²) in [7, 11) is 1.33. The van der Waals surface area contributed by atoms with Gasteiger partial charge < -0.3 is 91.4 Å². The van der Waals surface area contributed by atoms with Crippen LogP contribution in [0.4, 0.5) is 0 Å². The number of nitrogens with two attached hydrogens (primary N) is 1. The van der Waals surface area contributed by atoms with Crippen LogP contribution in [0.3, 0.4) is 0 Å². The van der Waals surface area contributed by atoms with Gasteiger partial charge in [0.2, 0.25) is 0 Å². The molecule has 0 spiro atoms. The van der Waals surface area contributed by atoms with Crippen LogP contribution < -0.4 is 5.73 Å². The topological polar surface area (TPSA) is 371 Å². The summed E-state index contributed by atoms with van der Waals surface area (Å²) in [4.78, 5) is 22.6. The molecule has 20 heteroatoms. The van der Waals surface area contributed by atoms with Gasteiger partial charge in [-0.2, -0.15) is 0 Å². The second-order valence-electron chi connectivity index (χ2n) is 22.8. The van der Waals surface area contributed by atoms with E-state index in [-0.39, 0.29) is 87.4 Å². The number of rotatable bonds is 44. The second kappa shape index (κ2) is 51.0. The Kier molecular flexibility index (Phi) is 48.3. The molecule has 0 amide bonds. The fourth-order valence-corrected chi connectivity index (χ4v) is 8.69. The normalized spacial score (nSPS) is 23.1. The van der Waals surface area contributed by atoms with E-state index in [0.29, 0.717) is 25.8 Å². The monoisotopic (exact) mass is 1250 g/mol. The first-order valence-corrected chi connectivity index (χ1v) is 30.9. The summed E-state index contributed by atoms with van der Waals surface area (Å²) < 4.78 is 15.6. The number of ketones is 1. The minimum atomic E-state index is -1.32. The number of methoxy groups -OCH3 is 1. The van der Waals surface area contributed by atoms with Crippen LogP contribution in [-0.2, 0) is 23.8 Å². The number of ether oxygens (including phenoxy) is 3. The molecule has 0 saturated carbocycles. The highest BCUT2D eigenvalue weighted by atomic mass is 16.7. The molecular weight excluding hydrogens is 1130 g/mol. The molecule has 1 heterocycles. The van der Waals surface area contributed by atoms with Gasteiger partial charge in [0.05, 0.1) is 86.5 Å². The van der Waals surface area contributed by atoms with E-state index in [2.05, 4.69) is 10.8 Å². The minimum Gasteiger partial charge on any atom is -0.466 e. The number of hydrogen-bond donors (Lipinski definition) is 15. The first-order valence-electron chi connectivity index (χ1n) is 30.9. The summed E-state index contributed by atoms with van der Waals surface area (Å²) in [6.07, 6.45) is 30.9. The fraction of sp³-hybridized carbons (Fsp3) is 0.618. The molecule has 0 aliphatic carbocycles. The predicted octanol–water partition coefficient (Wildman–Crippen LogP) is 4.94. The van der Waals surface area contributed by atoms with Crippen molar-refractivity contribution < 1.29 is 95.3 Å². The van der Waals surface area contributed by atoms with Crippen LogP contribution in [0.15, 0.2) is 146 Å². The number of hydrogen-bond acceptors (Lipinski definition) is 20. The molecule has 0 aromatic heterocycles. The smallest absolute Gasteiger partial charge is 0.330 e. The number of allylic oxidation sites excluding steroid dienone is 16. The first kappa shape index (κ1) is 83.3. The van der Waals surface area contributed by atoms with E-state index < -0.39 is 104 Å². The van der Waals surface area contributed by atoms with E-state index in [1.54, 1.807) is 51.2 Å². The van der Waals surface area contributed by atoms with Crippen LogP contribution in [0.2, 0.25) is 0 Å². The van der Waals surface area contributed by atoms with Crippen LogP contribution in [0.1, 0.15) is 131 Å². The first-order chi connectivity index (χ1) is 41.7. The molecule has 0 bridgehead atoms. The standard InChI is InChI=1S/C39H56O9.C29H55NO10/c1-29(25-21-17-13-9-6-7-12-16-20-24-28-34(41)46-5)35(42)31(3)33(40)27-23-19-15-11-8-10-14-18-22-26-30(2)47-39-38(45)37(44)36(43)32(4)48-39;1-19(2)29(40)18-28(39)17-27(38)15-23(34)9-4-8-22(33)14-26(37)16-25(36)13-21(32)7-3-6-20(31)12-24(35)10-5-11-30/h6-12,14-16,18-25,27-33,35-40,42-45H,13,17,26H2,1-5H3;3-4,7,9,19-28,31-39H,5-6,8,10-18,30H2,1-2H3/b9-6+,11-8+,12-7+,14-10+,19-15+,20-16+,22-18+,25-21+,27-23+,28-24+;7-3+,9-4+. The van der Waals surface area contributed by atoms with Crippen molar-refractivity contribution in [3.63, 3.8) is 0 Å². The van der Waals surface area contributed by atoms with Gasteiger partial charge in [-0.3, -0.25) is 4.79 Å². The van der Waals surface area contributed by atoms with Gasteiger partial charge in [-0.15, -0.1) is 0 Å². The molecule has 20 nitrogen and oxygen atoms in total. The lowest BCUT2D eigenvalue weighted by Crippen LogP contribution is -2.57. The summed E-state index contributed by atoms with van der Waals surface area (Å²) in [6.45, 7) is 11.2. The maximum absolute atomic E-state index is 11.7. The fourth-order valence-electron chi connectivity index (χ4n) is 8.69. The number of carbonyl (C=O) groups excluding carboxylic acids is 2. The summed E-state index contributed by atoms with van der Waals surface area (Å²) >= 11 is 0. The molecular formula is C68H111NO19. The molecule has 19 unspecified atom stereocenters. The van der Waals surface area contributed by atoms with Crippen molar-refractivity contribution in [3.8, 4) is 0 Å². The van der Waals surface area contributed by atoms with Gasteiger partial charge in [-0.05, 0) is 91.0 Å². The van der Waals surface area contributed by atoms with E-state index >= 15 is 0 Å². The molecule has 1 rings (SSSR count). The Morgan fingerprint density at radius 2 is 0.989 bits per heavy atom. The zero-order chi connectivity index (χ0) is 66.4. The van der Waals surface area contributed by atoms with Crippen LogP contribution in [0, 0.1) is 17.8 Å². The third kappa shape index (κ3) is 43.1. The van der Waals surface area contributed by atoms with Gasteiger partial charge in [0.1, 0.15) is 24.1 Å². The van der Waals surface area contributed by atoms with Gasteiger partial charge in [0.15, 0.2) is 6.29 Å². The van der Waals surface area contributed by atoms with Gasteiger partial charge in [0.25, 0.3) is 0 Å². The van der Waals surface area contributed by atoms with E-state index in [4.69, 9.17) is 15.2 Å². The summed E-state index contributed by atoms with van der Waals surface area (Å²) in [6, 6.07) is 0. The van der Waals surface area contributed by atoms with Crippen molar-refractivity contribution in [1.29, 1.82) is 0 Å². The third-order valence-corrected chi connectivity index (χ3v) is 14.1. The lowest BCUT2D eigenvalue weighted by molar-refractivity contribution is -0.302. The number of esters is 1. The van der Waals surface area contributed by atoms with Gasteiger partial charge in [-0.25, -0.2) is 4.79 Å². The predicted molar refractivity (Wildman–Crippen MR) is 343 cm³/mol. The Morgan fingerprint density at radius 3 is 1.53 bits per heavy atom. The Morgan fingerprint density at radius 1 is 0.511 bits per heavy atom. The van der Waals surface area contributed by atoms with E-state index in [0.717, 1.165) is 12.8 Å². The summed E-state index contributed by atoms with van der Waals surface area (Å²) in [5.41, 5.74) is 5.39. The third-order valence-electron chi connectivity index (χ3n) is 14.1. The lowest BCUT2D eigenvalue weighted by Gasteiger charge is -2.39. The highest BCUT2D eigenvalue weighted by Gasteiger charge is 2.43. The van der Waals surface area contributed by atoms with Crippen LogP contribution in [0.25, 0.3) is 0 Å². The largest absolute Gasteiger partial charge is 0.466 e. The molecule has 16 N–H and O–H groups in total. The molecule has 0 aromatic carbocycles. The number of aliphatic hydroxyl groups is 14. The molecule has 502 valence electrons. The zero-order valence-corrected chi connectivity index (χ0v) is 52.9. The zero-order valence-electron chi connectivity index (χ0n) is 52.9. The van der Waals surface area contributed by atoms with Crippen LogP contribution >= 0.6 is 0 Å².